The lowest BCUT2D eigenvalue weighted by Gasteiger charge is -2.25. The Bertz CT molecular complexity index is 1140. The number of anilines is 2. The van der Waals surface area contributed by atoms with Crippen LogP contribution >= 0.6 is 0 Å². The van der Waals surface area contributed by atoms with E-state index in [1.165, 1.54) is 0 Å². The molecule has 13 heteroatoms. The summed E-state index contributed by atoms with van der Waals surface area (Å²) in [6, 6.07) is 7.69. The molecular formula is C18H8F5N3O5. The van der Waals surface area contributed by atoms with Gasteiger partial charge in [0, 0.05) is 24.3 Å². The molecule has 0 atom stereocenters. The number of rotatable bonds is 6. The Hall–Kier alpha value is -4.29. The van der Waals surface area contributed by atoms with Crippen LogP contribution in [0.1, 0.15) is 0 Å². The fourth-order valence-electron chi connectivity index (χ4n) is 2.44. The van der Waals surface area contributed by atoms with Crippen molar-refractivity contribution in [3.8, 4) is 5.75 Å². The van der Waals surface area contributed by atoms with Gasteiger partial charge in [0.05, 0.1) is 15.5 Å². The smallest absolute Gasteiger partial charge is 0.269 e. The molecule has 0 bridgehead atoms. The van der Waals surface area contributed by atoms with Crippen molar-refractivity contribution in [2.75, 3.05) is 5.06 Å². The molecule has 0 heterocycles. The van der Waals surface area contributed by atoms with Gasteiger partial charge in [-0.3, -0.25) is 20.2 Å². The van der Waals surface area contributed by atoms with E-state index in [0.717, 1.165) is 48.5 Å². The first kappa shape index (κ1) is 21.4. The van der Waals surface area contributed by atoms with Gasteiger partial charge in [-0.2, -0.15) is 5.06 Å². The normalized spacial score (nSPS) is 10.6. The van der Waals surface area contributed by atoms with Crippen molar-refractivity contribution in [2.45, 2.75) is 0 Å². The highest BCUT2D eigenvalue weighted by atomic mass is 19.2. The number of nitro groups is 2. The number of hydrogen-bond donors (Lipinski definition) is 0. The molecule has 0 saturated heterocycles. The van der Waals surface area contributed by atoms with Crippen molar-refractivity contribution in [3.05, 3.63) is 97.8 Å². The van der Waals surface area contributed by atoms with Crippen LogP contribution in [0.25, 0.3) is 0 Å². The van der Waals surface area contributed by atoms with Crippen molar-refractivity contribution < 1.29 is 36.6 Å². The molecule has 0 amide bonds. The predicted molar refractivity (Wildman–Crippen MR) is 95.2 cm³/mol. The molecule has 0 aliphatic rings. The highest BCUT2D eigenvalue weighted by Gasteiger charge is 2.31. The molecule has 0 fully saturated rings. The van der Waals surface area contributed by atoms with Crippen LogP contribution < -0.4 is 9.90 Å². The summed E-state index contributed by atoms with van der Waals surface area (Å²) < 4.78 is 69.6. The molecule has 3 aromatic carbocycles. The number of non-ortho nitro benzene ring substituents is 2. The molecule has 3 aromatic rings. The van der Waals surface area contributed by atoms with E-state index in [2.05, 4.69) is 0 Å². The zero-order chi connectivity index (χ0) is 22.9. The maximum atomic E-state index is 14.4. The van der Waals surface area contributed by atoms with Gasteiger partial charge in [0.15, 0.2) is 34.7 Å². The lowest BCUT2D eigenvalue weighted by atomic mass is 10.2. The molecule has 0 spiro atoms. The Morgan fingerprint density at radius 1 is 0.645 bits per heavy atom. The molecule has 3 rings (SSSR count). The quantitative estimate of drug-likeness (QED) is 0.169. The first-order valence-electron chi connectivity index (χ1n) is 8.10. The van der Waals surface area contributed by atoms with E-state index in [0.29, 0.717) is 0 Å². The molecule has 0 aliphatic carbocycles. The van der Waals surface area contributed by atoms with Gasteiger partial charge < -0.3 is 4.84 Å². The Balaban J connectivity index is 2.15. The van der Waals surface area contributed by atoms with Crippen LogP contribution in [0.5, 0.6) is 5.75 Å². The SMILES string of the molecule is O=[N+]([O-])c1ccc(ON(c2ccc([N+](=O)[O-])cc2)c2c(F)c(F)c(F)c(F)c2F)cc1. The monoisotopic (exact) mass is 441 g/mol. The minimum atomic E-state index is -2.39. The summed E-state index contributed by atoms with van der Waals surface area (Å²) in [5.41, 5.74) is -2.61. The summed E-state index contributed by atoms with van der Waals surface area (Å²) >= 11 is 0. The van der Waals surface area contributed by atoms with E-state index < -0.39 is 50.3 Å². The topological polar surface area (TPSA) is 98.8 Å². The van der Waals surface area contributed by atoms with Crippen LogP contribution in [0.15, 0.2) is 48.5 Å². The van der Waals surface area contributed by atoms with Crippen LogP contribution in [-0.2, 0) is 0 Å². The van der Waals surface area contributed by atoms with Crippen LogP contribution in [0.3, 0.4) is 0 Å². The number of nitro benzene ring substituents is 2. The van der Waals surface area contributed by atoms with Gasteiger partial charge >= 0.3 is 0 Å². The minimum Gasteiger partial charge on any atom is -0.374 e. The molecule has 0 saturated carbocycles. The largest absolute Gasteiger partial charge is 0.374 e. The van der Waals surface area contributed by atoms with Gasteiger partial charge in [-0.15, -0.1) is 0 Å². The zero-order valence-corrected chi connectivity index (χ0v) is 14.9. The second-order valence-corrected chi connectivity index (χ2v) is 5.83. The lowest BCUT2D eigenvalue weighted by molar-refractivity contribution is -0.385. The van der Waals surface area contributed by atoms with E-state index in [1.54, 1.807) is 0 Å². The van der Waals surface area contributed by atoms with Crippen LogP contribution in [0, 0.1) is 49.3 Å². The van der Waals surface area contributed by atoms with Crippen LogP contribution in [-0.4, -0.2) is 9.85 Å². The molecule has 31 heavy (non-hydrogen) atoms. The highest BCUT2D eigenvalue weighted by Crippen LogP contribution is 2.36. The molecular weight excluding hydrogens is 433 g/mol. The first-order valence-corrected chi connectivity index (χ1v) is 8.10. The van der Waals surface area contributed by atoms with E-state index in [4.69, 9.17) is 4.84 Å². The minimum absolute atomic E-state index is 0.223. The maximum absolute atomic E-state index is 14.4. The predicted octanol–water partition coefficient (Wildman–Crippen LogP) is 5.33. The Kier molecular flexibility index (Phi) is 5.68. The summed E-state index contributed by atoms with van der Waals surface area (Å²) in [6.45, 7) is 0. The third-order valence-corrected chi connectivity index (χ3v) is 3.93. The average Bonchev–Trinajstić information content (AvgIpc) is 2.76. The molecule has 0 aliphatic heterocycles. The van der Waals surface area contributed by atoms with Crippen LogP contribution in [0.4, 0.5) is 44.7 Å². The molecule has 0 radical (unpaired) electrons. The molecule has 0 aromatic heterocycles. The Morgan fingerprint density at radius 2 is 1.03 bits per heavy atom. The second kappa shape index (κ2) is 8.22. The van der Waals surface area contributed by atoms with Crippen molar-refractivity contribution in [2.24, 2.45) is 0 Å². The molecule has 0 N–H and O–H groups in total. The van der Waals surface area contributed by atoms with Crippen molar-refractivity contribution in [1.82, 2.24) is 0 Å². The average molecular weight is 441 g/mol. The number of nitrogens with zero attached hydrogens (tertiary/aromatic N) is 3. The fourth-order valence-corrected chi connectivity index (χ4v) is 2.44. The maximum Gasteiger partial charge on any atom is 0.269 e. The summed E-state index contributed by atoms with van der Waals surface area (Å²) in [4.78, 5) is 25.3. The van der Waals surface area contributed by atoms with Gasteiger partial charge in [-0.25, -0.2) is 22.0 Å². The zero-order valence-electron chi connectivity index (χ0n) is 14.9. The summed E-state index contributed by atoms with van der Waals surface area (Å²) in [5, 5.41) is 21.8. The summed E-state index contributed by atoms with van der Waals surface area (Å²) in [6.07, 6.45) is 0. The van der Waals surface area contributed by atoms with E-state index in [-0.39, 0.29) is 22.2 Å². The summed E-state index contributed by atoms with van der Waals surface area (Å²) in [7, 11) is 0. The van der Waals surface area contributed by atoms with Crippen molar-refractivity contribution in [3.63, 3.8) is 0 Å². The van der Waals surface area contributed by atoms with Gasteiger partial charge in [0.25, 0.3) is 11.4 Å². The molecule has 0 unspecified atom stereocenters. The van der Waals surface area contributed by atoms with Crippen LogP contribution in [0.2, 0.25) is 0 Å². The first-order chi connectivity index (χ1) is 14.6. The third-order valence-electron chi connectivity index (χ3n) is 3.93. The fraction of sp³-hybridized carbons (Fsp3) is 0. The van der Waals surface area contributed by atoms with Gasteiger partial charge in [-0.05, 0) is 24.3 Å². The Morgan fingerprint density at radius 3 is 1.45 bits per heavy atom. The molecule has 8 nitrogen and oxygen atoms in total. The Labute approximate surface area is 169 Å². The van der Waals surface area contributed by atoms with E-state index in [1.807, 2.05) is 0 Å². The van der Waals surface area contributed by atoms with E-state index in [9.17, 15) is 42.2 Å². The number of halogens is 5. The second-order valence-electron chi connectivity index (χ2n) is 5.83. The van der Waals surface area contributed by atoms with Gasteiger partial charge in [0.1, 0.15) is 0 Å². The standard InChI is InChI=1S/C18H8F5N3O5/c19-13-14(20)16(22)18(17(23)15(13)21)24(9-1-3-10(4-2-9)25(27)28)31-12-7-5-11(6-8-12)26(29)30/h1-8H. The third kappa shape index (κ3) is 4.05. The molecule has 160 valence electrons. The highest BCUT2D eigenvalue weighted by molar-refractivity contribution is 5.64. The number of benzene rings is 3. The van der Waals surface area contributed by atoms with E-state index >= 15 is 0 Å². The van der Waals surface area contributed by atoms with Crippen molar-refractivity contribution >= 4 is 22.7 Å². The van der Waals surface area contributed by atoms with Gasteiger partial charge in [0.2, 0.25) is 5.82 Å². The number of hydrogen-bond acceptors (Lipinski definition) is 6. The summed E-state index contributed by atoms with van der Waals surface area (Å²) in [5.74, 6) is -11.6. The van der Waals surface area contributed by atoms with Gasteiger partial charge in [-0.1, -0.05) is 0 Å². The van der Waals surface area contributed by atoms with Crippen molar-refractivity contribution in [1.29, 1.82) is 0 Å². The lowest BCUT2D eigenvalue weighted by Crippen LogP contribution is -2.25.